The van der Waals surface area contributed by atoms with Crippen molar-refractivity contribution in [1.82, 2.24) is 19.2 Å². The number of aromatic nitrogens is 4. The molecule has 0 saturated heterocycles. The summed E-state index contributed by atoms with van der Waals surface area (Å²) in [7, 11) is 0. The van der Waals surface area contributed by atoms with E-state index in [0.29, 0.717) is 27.8 Å². The van der Waals surface area contributed by atoms with Crippen molar-refractivity contribution in [2.75, 3.05) is 0 Å². The summed E-state index contributed by atoms with van der Waals surface area (Å²) < 4.78 is 8.79. The van der Waals surface area contributed by atoms with Crippen molar-refractivity contribution >= 4 is 22.3 Å². The van der Waals surface area contributed by atoms with Crippen LogP contribution in [0.25, 0.3) is 4.96 Å². The Morgan fingerprint density at radius 2 is 1.90 bits per heavy atom. The SMILES string of the molecule is Cc1cc(=O)n2nc(COC(=O)c3cc(C)n(Cc4ccccc4)c3C)sc2n1. The molecular weight excluding hydrogens is 388 g/mol. The van der Waals surface area contributed by atoms with Crippen molar-refractivity contribution < 1.29 is 9.53 Å². The molecule has 0 aliphatic heterocycles. The second-order valence-electron chi connectivity index (χ2n) is 6.86. The highest BCUT2D eigenvalue weighted by atomic mass is 32.1. The molecule has 0 amide bonds. The fourth-order valence-electron chi connectivity index (χ4n) is 3.24. The van der Waals surface area contributed by atoms with Crippen LogP contribution in [-0.4, -0.2) is 25.1 Å². The van der Waals surface area contributed by atoms with Crippen LogP contribution in [0.2, 0.25) is 0 Å². The van der Waals surface area contributed by atoms with E-state index >= 15 is 0 Å². The standard InChI is InChI=1S/C21H20N4O3S/c1-13-9-19(26)25-21(22-13)29-18(23-25)12-28-20(27)17-10-14(2)24(15(17)3)11-16-7-5-4-6-8-16/h4-10H,11-12H2,1-3H3. The number of rotatable bonds is 5. The molecule has 0 aliphatic carbocycles. The third-order valence-electron chi connectivity index (χ3n) is 4.72. The number of esters is 1. The number of carbonyl (C=O) groups excluding carboxylic acids is 1. The normalized spacial score (nSPS) is 11.1. The van der Waals surface area contributed by atoms with Gasteiger partial charge in [-0.2, -0.15) is 9.61 Å². The smallest absolute Gasteiger partial charge is 0.340 e. The summed E-state index contributed by atoms with van der Waals surface area (Å²) in [6, 6.07) is 13.4. The number of hydrogen-bond donors (Lipinski definition) is 0. The minimum absolute atomic E-state index is 0.00625. The third-order valence-corrected chi connectivity index (χ3v) is 5.60. The molecule has 4 aromatic rings. The van der Waals surface area contributed by atoms with Gasteiger partial charge in [-0.05, 0) is 32.4 Å². The van der Waals surface area contributed by atoms with E-state index in [2.05, 4.69) is 26.8 Å². The minimum Gasteiger partial charge on any atom is -0.455 e. The molecule has 0 aliphatic rings. The number of ether oxygens (including phenoxy) is 1. The van der Waals surface area contributed by atoms with Gasteiger partial charge in [0.2, 0.25) is 4.96 Å². The summed E-state index contributed by atoms with van der Waals surface area (Å²) in [5.41, 5.74) is 3.93. The van der Waals surface area contributed by atoms with Crippen molar-refractivity contribution in [3.05, 3.63) is 86.0 Å². The number of carbonyl (C=O) groups is 1. The van der Waals surface area contributed by atoms with Gasteiger partial charge in [-0.1, -0.05) is 41.7 Å². The van der Waals surface area contributed by atoms with Gasteiger partial charge in [0.15, 0.2) is 5.01 Å². The number of hydrogen-bond acceptors (Lipinski definition) is 6. The van der Waals surface area contributed by atoms with Crippen LogP contribution in [0, 0.1) is 20.8 Å². The quantitative estimate of drug-likeness (QED) is 0.474. The van der Waals surface area contributed by atoms with Crippen molar-refractivity contribution in [3.63, 3.8) is 0 Å². The lowest BCUT2D eigenvalue weighted by atomic mass is 10.2. The number of benzene rings is 1. The predicted molar refractivity (Wildman–Crippen MR) is 110 cm³/mol. The van der Waals surface area contributed by atoms with E-state index < -0.39 is 5.97 Å². The zero-order valence-corrected chi connectivity index (χ0v) is 17.2. The second-order valence-corrected chi connectivity index (χ2v) is 7.90. The molecule has 0 fully saturated rings. The van der Waals surface area contributed by atoms with Gasteiger partial charge in [0.25, 0.3) is 5.56 Å². The Bertz CT molecular complexity index is 1250. The Balaban J connectivity index is 1.51. The lowest BCUT2D eigenvalue weighted by Gasteiger charge is -2.10. The van der Waals surface area contributed by atoms with Gasteiger partial charge >= 0.3 is 5.97 Å². The van der Waals surface area contributed by atoms with Gasteiger partial charge in [-0.3, -0.25) is 4.79 Å². The summed E-state index contributed by atoms with van der Waals surface area (Å²) in [5, 5.41) is 4.72. The molecule has 1 aromatic carbocycles. The van der Waals surface area contributed by atoms with Gasteiger partial charge in [0.1, 0.15) is 6.61 Å². The first kappa shape index (κ1) is 19.1. The lowest BCUT2D eigenvalue weighted by Crippen LogP contribution is -2.14. The Morgan fingerprint density at radius 1 is 1.14 bits per heavy atom. The zero-order chi connectivity index (χ0) is 20.5. The first-order valence-corrected chi connectivity index (χ1v) is 9.98. The van der Waals surface area contributed by atoms with E-state index in [4.69, 9.17) is 4.74 Å². The van der Waals surface area contributed by atoms with Crippen LogP contribution in [-0.2, 0) is 17.9 Å². The van der Waals surface area contributed by atoms with Crippen molar-refractivity contribution in [3.8, 4) is 0 Å². The largest absolute Gasteiger partial charge is 0.455 e. The molecule has 3 heterocycles. The molecule has 148 valence electrons. The van der Waals surface area contributed by atoms with Crippen LogP contribution in [0.3, 0.4) is 0 Å². The number of nitrogens with zero attached hydrogens (tertiary/aromatic N) is 4. The molecule has 0 saturated carbocycles. The average Bonchev–Trinajstić information content (AvgIpc) is 3.23. The lowest BCUT2D eigenvalue weighted by molar-refractivity contribution is 0.0470. The van der Waals surface area contributed by atoms with E-state index in [0.717, 1.165) is 17.0 Å². The molecule has 4 rings (SSSR count). The number of fused-ring (bicyclic) bond motifs is 1. The van der Waals surface area contributed by atoms with E-state index in [1.165, 1.54) is 21.9 Å². The zero-order valence-electron chi connectivity index (χ0n) is 16.4. The fourth-order valence-corrected chi connectivity index (χ4v) is 4.10. The number of aryl methyl sites for hydroxylation is 2. The fraction of sp³-hybridized carbons (Fsp3) is 0.238. The van der Waals surface area contributed by atoms with Gasteiger partial charge < -0.3 is 9.30 Å². The highest BCUT2D eigenvalue weighted by Gasteiger charge is 2.18. The van der Waals surface area contributed by atoms with Crippen molar-refractivity contribution in [2.45, 2.75) is 33.9 Å². The van der Waals surface area contributed by atoms with Crippen LogP contribution in [0.15, 0.2) is 47.3 Å². The maximum Gasteiger partial charge on any atom is 0.340 e. The summed E-state index contributed by atoms with van der Waals surface area (Å²) in [5.74, 6) is -0.409. The Hall–Kier alpha value is -3.26. The molecule has 0 N–H and O–H groups in total. The molecule has 0 atom stereocenters. The first-order valence-electron chi connectivity index (χ1n) is 9.16. The summed E-state index contributed by atoms with van der Waals surface area (Å²) >= 11 is 1.24. The van der Waals surface area contributed by atoms with Crippen molar-refractivity contribution in [2.24, 2.45) is 0 Å². The molecule has 0 unspecified atom stereocenters. The molecule has 8 heteroatoms. The van der Waals surface area contributed by atoms with Gasteiger partial charge in [-0.15, -0.1) is 0 Å². The topological polar surface area (TPSA) is 78.5 Å². The van der Waals surface area contributed by atoms with E-state index in [9.17, 15) is 9.59 Å². The third kappa shape index (κ3) is 3.84. The van der Waals surface area contributed by atoms with E-state index in [1.807, 2.05) is 38.1 Å². The van der Waals surface area contributed by atoms with Crippen LogP contribution in [0.1, 0.15) is 38.0 Å². The van der Waals surface area contributed by atoms with Gasteiger partial charge in [0.05, 0.1) is 5.56 Å². The Labute approximate surface area is 171 Å². The van der Waals surface area contributed by atoms with E-state index in [-0.39, 0.29) is 12.2 Å². The second kappa shape index (κ2) is 7.63. The van der Waals surface area contributed by atoms with Crippen LogP contribution >= 0.6 is 11.3 Å². The van der Waals surface area contributed by atoms with Crippen LogP contribution in [0.4, 0.5) is 0 Å². The van der Waals surface area contributed by atoms with Gasteiger partial charge in [-0.25, -0.2) is 9.78 Å². The average molecular weight is 408 g/mol. The van der Waals surface area contributed by atoms with Gasteiger partial charge in [0, 0.05) is 29.7 Å². The van der Waals surface area contributed by atoms with Crippen LogP contribution in [0.5, 0.6) is 0 Å². The molecule has 7 nitrogen and oxygen atoms in total. The first-order chi connectivity index (χ1) is 13.9. The molecule has 0 radical (unpaired) electrons. The summed E-state index contributed by atoms with van der Waals surface area (Å²) in [6.07, 6.45) is 0. The highest BCUT2D eigenvalue weighted by molar-refractivity contribution is 7.16. The summed E-state index contributed by atoms with van der Waals surface area (Å²) in [6.45, 7) is 6.33. The maximum atomic E-state index is 12.7. The Morgan fingerprint density at radius 3 is 2.66 bits per heavy atom. The van der Waals surface area contributed by atoms with Crippen LogP contribution < -0.4 is 5.56 Å². The van der Waals surface area contributed by atoms with Crippen molar-refractivity contribution in [1.29, 1.82) is 0 Å². The molecule has 29 heavy (non-hydrogen) atoms. The highest BCUT2D eigenvalue weighted by Crippen LogP contribution is 2.19. The molecular formula is C21H20N4O3S. The molecule has 0 spiro atoms. The predicted octanol–water partition coefficient (Wildman–Crippen LogP) is 3.28. The monoisotopic (exact) mass is 408 g/mol. The summed E-state index contributed by atoms with van der Waals surface area (Å²) in [4.78, 5) is 29.4. The maximum absolute atomic E-state index is 12.7. The van der Waals surface area contributed by atoms with E-state index in [1.54, 1.807) is 6.92 Å². The molecule has 0 bridgehead atoms. The Kier molecular flexibility index (Phi) is 5.02. The molecule has 3 aromatic heterocycles. The minimum atomic E-state index is -0.409.